The maximum atomic E-state index is 13.4. The van der Waals surface area contributed by atoms with Crippen LogP contribution >= 0.6 is 0 Å². The van der Waals surface area contributed by atoms with Gasteiger partial charge < -0.3 is 24.6 Å². The summed E-state index contributed by atoms with van der Waals surface area (Å²) >= 11 is 0. The summed E-state index contributed by atoms with van der Waals surface area (Å²) in [4.78, 5) is 30.9. The SMILES string of the molecule is CCCCN1C(=O)C(CC(C)C)NC(=O)C12CCN(c1ccc3c(c1)OCCO3)CC2. The van der Waals surface area contributed by atoms with E-state index in [1.807, 2.05) is 23.1 Å². The fraction of sp³-hybridized carbons (Fsp3) is 0.667. The van der Waals surface area contributed by atoms with E-state index in [2.05, 4.69) is 31.0 Å². The molecular weight excluding hydrogens is 394 g/mol. The van der Waals surface area contributed by atoms with Gasteiger partial charge in [0.15, 0.2) is 11.5 Å². The van der Waals surface area contributed by atoms with E-state index in [1.54, 1.807) is 0 Å². The van der Waals surface area contributed by atoms with Crippen molar-refractivity contribution in [3.05, 3.63) is 18.2 Å². The molecule has 1 N–H and O–H groups in total. The lowest BCUT2D eigenvalue weighted by Crippen LogP contribution is -2.73. The lowest BCUT2D eigenvalue weighted by molar-refractivity contribution is -0.159. The van der Waals surface area contributed by atoms with E-state index in [-0.39, 0.29) is 11.8 Å². The molecule has 3 aliphatic rings. The molecule has 1 aromatic carbocycles. The van der Waals surface area contributed by atoms with E-state index in [0.717, 1.165) is 43.1 Å². The first-order valence-electron chi connectivity index (χ1n) is 11.7. The highest BCUT2D eigenvalue weighted by atomic mass is 16.6. The highest BCUT2D eigenvalue weighted by molar-refractivity contribution is 6.00. The number of piperidine rings is 1. The van der Waals surface area contributed by atoms with Crippen LogP contribution in [0.2, 0.25) is 0 Å². The highest BCUT2D eigenvalue weighted by Crippen LogP contribution is 2.38. The van der Waals surface area contributed by atoms with E-state index in [4.69, 9.17) is 9.47 Å². The number of amides is 2. The minimum Gasteiger partial charge on any atom is -0.486 e. The van der Waals surface area contributed by atoms with Crippen molar-refractivity contribution in [1.29, 1.82) is 0 Å². The molecule has 0 aromatic heterocycles. The first-order chi connectivity index (χ1) is 14.9. The maximum Gasteiger partial charge on any atom is 0.246 e. The molecule has 2 fully saturated rings. The molecule has 7 heteroatoms. The molecule has 3 heterocycles. The average Bonchev–Trinajstić information content (AvgIpc) is 2.77. The minimum absolute atomic E-state index is 0.0238. The van der Waals surface area contributed by atoms with Crippen LogP contribution in [0.1, 0.15) is 52.9 Å². The smallest absolute Gasteiger partial charge is 0.246 e. The van der Waals surface area contributed by atoms with Gasteiger partial charge in [-0.05, 0) is 43.7 Å². The zero-order chi connectivity index (χ0) is 22.0. The van der Waals surface area contributed by atoms with Crippen LogP contribution in [-0.2, 0) is 9.59 Å². The van der Waals surface area contributed by atoms with E-state index >= 15 is 0 Å². The van der Waals surface area contributed by atoms with Crippen LogP contribution < -0.4 is 19.7 Å². The molecule has 0 saturated carbocycles. The summed E-state index contributed by atoms with van der Waals surface area (Å²) in [5, 5.41) is 3.07. The topological polar surface area (TPSA) is 71.1 Å². The summed E-state index contributed by atoms with van der Waals surface area (Å²) in [7, 11) is 0. The number of unbranched alkanes of at least 4 members (excludes halogenated alkanes) is 1. The fourth-order valence-electron chi connectivity index (χ4n) is 5.01. The number of benzene rings is 1. The summed E-state index contributed by atoms with van der Waals surface area (Å²) < 4.78 is 11.4. The maximum absolute atomic E-state index is 13.4. The van der Waals surface area contributed by atoms with Crippen molar-refractivity contribution in [1.82, 2.24) is 10.2 Å². The van der Waals surface area contributed by atoms with Crippen molar-refractivity contribution in [2.75, 3.05) is 37.7 Å². The van der Waals surface area contributed by atoms with Gasteiger partial charge in [-0.3, -0.25) is 9.59 Å². The normalized spacial score (nSPS) is 22.8. The second kappa shape index (κ2) is 8.97. The standard InChI is InChI=1S/C24H35N3O4/c1-4-5-10-27-22(28)19(15-17(2)3)25-23(29)24(27)8-11-26(12-9-24)18-6-7-20-21(16-18)31-14-13-30-20/h6-7,16-17,19H,4-5,8-15H2,1-3H3,(H,25,29). The number of ether oxygens (including phenoxy) is 2. The van der Waals surface area contributed by atoms with Gasteiger partial charge in [0.1, 0.15) is 24.8 Å². The zero-order valence-corrected chi connectivity index (χ0v) is 19.0. The van der Waals surface area contributed by atoms with Crippen LogP contribution in [0.4, 0.5) is 5.69 Å². The molecule has 2 amide bonds. The Bertz CT molecular complexity index is 817. The fourth-order valence-corrected chi connectivity index (χ4v) is 5.01. The Balaban J connectivity index is 1.51. The number of carbonyl (C=O) groups excluding carboxylic acids is 2. The Labute approximate surface area is 185 Å². The van der Waals surface area contributed by atoms with Crippen molar-refractivity contribution in [3.63, 3.8) is 0 Å². The summed E-state index contributed by atoms with van der Waals surface area (Å²) in [6, 6.07) is 5.62. The predicted molar refractivity (Wildman–Crippen MR) is 120 cm³/mol. The molecule has 170 valence electrons. The van der Waals surface area contributed by atoms with Gasteiger partial charge in [-0.15, -0.1) is 0 Å². The molecular formula is C24H35N3O4. The molecule has 4 rings (SSSR count). The van der Waals surface area contributed by atoms with Crippen molar-refractivity contribution < 1.29 is 19.1 Å². The Morgan fingerprint density at radius 3 is 2.52 bits per heavy atom. The number of nitrogens with one attached hydrogen (secondary N) is 1. The minimum atomic E-state index is -0.732. The number of hydrogen-bond acceptors (Lipinski definition) is 5. The first-order valence-corrected chi connectivity index (χ1v) is 11.7. The second-order valence-corrected chi connectivity index (χ2v) is 9.35. The van der Waals surface area contributed by atoms with Gasteiger partial charge in [-0.2, -0.15) is 0 Å². The van der Waals surface area contributed by atoms with E-state index in [9.17, 15) is 9.59 Å². The van der Waals surface area contributed by atoms with Crippen LogP contribution in [0, 0.1) is 5.92 Å². The van der Waals surface area contributed by atoms with Crippen LogP contribution in [-0.4, -0.2) is 61.1 Å². The van der Waals surface area contributed by atoms with Crippen LogP contribution in [0.25, 0.3) is 0 Å². The predicted octanol–water partition coefficient (Wildman–Crippen LogP) is 2.97. The monoisotopic (exact) mass is 429 g/mol. The molecule has 31 heavy (non-hydrogen) atoms. The highest BCUT2D eigenvalue weighted by Gasteiger charge is 2.53. The third-order valence-corrected chi connectivity index (χ3v) is 6.73. The molecule has 3 aliphatic heterocycles. The lowest BCUT2D eigenvalue weighted by Gasteiger charge is -2.52. The van der Waals surface area contributed by atoms with Gasteiger partial charge >= 0.3 is 0 Å². The molecule has 0 bridgehead atoms. The Hall–Kier alpha value is -2.44. The number of hydrogen-bond donors (Lipinski definition) is 1. The molecule has 1 atom stereocenters. The molecule has 0 aliphatic carbocycles. The first kappa shape index (κ1) is 21.8. The van der Waals surface area contributed by atoms with E-state index in [0.29, 0.717) is 44.9 Å². The molecule has 1 aromatic rings. The number of nitrogens with zero attached hydrogens (tertiary/aromatic N) is 2. The van der Waals surface area contributed by atoms with Gasteiger partial charge in [-0.1, -0.05) is 27.2 Å². The van der Waals surface area contributed by atoms with E-state index in [1.165, 1.54) is 0 Å². The van der Waals surface area contributed by atoms with Gasteiger partial charge in [0.2, 0.25) is 11.8 Å². The Morgan fingerprint density at radius 2 is 1.84 bits per heavy atom. The summed E-state index contributed by atoms with van der Waals surface area (Å²) in [5.41, 5.74) is 0.337. The van der Waals surface area contributed by atoms with Crippen molar-refractivity contribution in [3.8, 4) is 11.5 Å². The summed E-state index contributed by atoms with van der Waals surface area (Å²) in [6.45, 7) is 9.53. The third kappa shape index (κ3) is 4.19. The zero-order valence-electron chi connectivity index (χ0n) is 19.0. The largest absolute Gasteiger partial charge is 0.486 e. The summed E-state index contributed by atoms with van der Waals surface area (Å²) in [6.07, 6.45) is 3.88. The van der Waals surface area contributed by atoms with Crippen molar-refractivity contribution >= 4 is 17.5 Å². The Kier molecular flexibility index (Phi) is 6.30. The number of fused-ring (bicyclic) bond motifs is 1. The van der Waals surface area contributed by atoms with Gasteiger partial charge in [-0.25, -0.2) is 0 Å². The third-order valence-electron chi connectivity index (χ3n) is 6.73. The van der Waals surface area contributed by atoms with Gasteiger partial charge in [0, 0.05) is 31.4 Å². The average molecular weight is 430 g/mol. The number of piperazine rings is 1. The van der Waals surface area contributed by atoms with Crippen molar-refractivity contribution in [2.24, 2.45) is 5.92 Å². The molecule has 2 saturated heterocycles. The van der Waals surface area contributed by atoms with Crippen LogP contribution in [0.15, 0.2) is 18.2 Å². The molecule has 1 unspecified atom stereocenters. The molecule has 0 radical (unpaired) electrons. The number of anilines is 1. The summed E-state index contributed by atoms with van der Waals surface area (Å²) in [5.74, 6) is 2.02. The lowest BCUT2D eigenvalue weighted by atomic mass is 9.80. The van der Waals surface area contributed by atoms with Crippen LogP contribution in [0.5, 0.6) is 11.5 Å². The van der Waals surface area contributed by atoms with Crippen molar-refractivity contribution in [2.45, 2.75) is 64.5 Å². The second-order valence-electron chi connectivity index (χ2n) is 9.35. The van der Waals surface area contributed by atoms with Gasteiger partial charge in [0.25, 0.3) is 0 Å². The number of carbonyl (C=O) groups is 2. The van der Waals surface area contributed by atoms with E-state index < -0.39 is 11.6 Å². The molecule has 1 spiro atoms. The van der Waals surface area contributed by atoms with Crippen LogP contribution in [0.3, 0.4) is 0 Å². The number of rotatable bonds is 6. The Morgan fingerprint density at radius 1 is 1.13 bits per heavy atom. The van der Waals surface area contributed by atoms with Gasteiger partial charge in [0.05, 0.1) is 0 Å². The quantitative estimate of drug-likeness (QED) is 0.753. The molecule has 7 nitrogen and oxygen atoms in total.